The lowest BCUT2D eigenvalue weighted by atomic mass is 10.0. The normalized spacial score (nSPS) is 18.7. The number of hydrogen-bond donors (Lipinski definition) is 0. The molecule has 0 spiro atoms. The molecule has 0 saturated carbocycles. The molecule has 1 unspecified atom stereocenters. The molecular weight excluding hydrogens is 222 g/mol. The van der Waals surface area contributed by atoms with E-state index in [1.165, 1.54) is 29.8 Å². The van der Waals surface area contributed by atoms with E-state index in [0.717, 1.165) is 18.8 Å². The van der Waals surface area contributed by atoms with Crippen LogP contribution in [0.2, 0.25) is 0 Å². The second-order valence-corrected chi connectivity index (χ2v) is 5.27. The molecule has 3 rings (SSSR count). The van der Waals surface area contributed by atoms with Crippen molar-refractivity contribution < 1.29 is 0 Å². The number of hydrogen-bond acceptors (Lipinski definition) is 2. The molecule has 0 fully saturated rings. The Bertz CT molecular complexity index is 557. The average molecular weight is 241 g/mol. The van der Waals surface area contributed by atoms with E-state index in [2.05, 4.69) is 52.9 Å². The van der Waals surface area contributed by atoms with Gasteiger partial charge in [-0.25, -0.2) is 0 Å². The number of fused-ring (bicyclic) bond motifs is 1. The second kappa shape index (κ2) is 4.56. The van der Waals surface area contributed by atoms with Crippen LogP contribution in [-0.4, -0.2) is 14.8 Å². The molecule has 0 bridgehead atoms. The van der Waals surface area contributed by atoms with Crippen molar-refractivity contribution in [1.82, 2.24) is 14.8 Å². The van der Waals surface area contributed by atoms with E-state index in [1.807, 2.05) is 0 Å². The Morgan fingerprint density at radius 2 is 2.11 bits per heavy atom. The minimum atomic E-state index is 0.553. The van der Waals surface area contributed by atoms with Gasteiger partial charge in [-0.05, 0) is 30.9 Å². The maximum atomic E-state index is 4.40. The largest absolute Gasteiger partial charge is 0.314 e. The fourth-order valence-electron chi connectivity index (χ4n) is 2.75. The predicted molar refractivity (Wildman–Crippen MR) is 71.7 cm³/mol. The molecule has 0 amide bonds. The topological polar surface area (TPSA) is 30.7 Å². The van der Waals surface area contributed by atoms with Gasteiger partial charge >= 0.3 is 0 Å². The number of benzene rings is 1. The number of nitrogens with zero attached hydrogens (tertiary/aromatic N) is 3. The summed E-state index contributed by atoms with van der Waals surface area (Å²) in [6, 6.07) is 8.52. The molecule has 3 nitrogen and oxygen atoms in total. The first-order chi connectivity index (χ1) is 8.75. The van der Waals surface area contributed by atoms with E-state index in [-0.39, 0.29) is 0 Å². The molecule has 0 N–H and O–H groups in total. The van der Waals surface area contributed by atoms with Crippen molar-refractivity contribution in [3.8, 4) is 0 Å². The van der Waals surface area contributed by atoms with Crippen molar-refractivity contribution in [2.75, 3.05) is 0 Å². The molecule has 3 heteroatoms. The molecule has 1 aliphatic rings. The average Bonchev–Trinajstić information content (AvgIpc) is 2.77. The minimum absolute atomic E-state index is 0.553. The molecule has 18 heavy (non-hydrogen) atoms. The Morgan fingerprint density at radius 1 is 1.28 bits per heavy atom. The Labute approximate surface area is 108 Å². The van der Waals surface area contributed by atoms with Crippen molar-refractivity contribution in [2.45, 2.75) is 45.6 Å². The smallest absolute Gasteiger partial charge is 0.137 e. The van der Waals surface area contributed by atoms with Gasteiger partial charge in [0.1, 0.15) is 11.6 Å². The van der Waals surface area contributed by atoms with Crippen LogP contribution in [0.5, 0.6) is 0 Å². The molecular formula is C15H19N3. The number of aryl methyl sites for hydroxylation is 1. The summed E-state index contributed by atoms with van der Waals surface area (Å²) in [5.74, 6) is 2.84. The van der Waals surface area contributed by atoms with Crippen LogP contribution in [0.3, 0.4) is 0 Å². The monoisotopic (exact) mass is 241 g/mol. The summed E-state index contributed by atoms with van der Waals surface area (Å²) >= 11 is 0. The van der Waals surface area contributed by atoms with Gasteiger partial charge in [0, 0.05) is 18.9 Å². The van der Waals surface area contributed by atoms with Gasteiger partial charge < -0.3 is 4.57 Å². The Balaban J connectivity index is 1.92. The van der Waals surface area contributed by atoms with Crippen LogP contribution in [0.25, 0.3) is 0 Å². The molecule has 94 valence electrons. The van der Waals surface area contributed by atoms with Crippen LogP contribution >= 0.6 is 0 Å². The van der Waals surface area contributed by atoms with E-state index in [9.17, 15) is 0 Å². The summed E-state index contributed by atoms with van der Waals surface area (Å²) in [4.78, 5) is 0. The summed E-state index contributed by atoms with van der Waals surface area (Å²) in [5.41, 5.74) is 2.68. The molecule has 0 aliphatic carbocycles. The molecule has 1 aromatic heterocycles. The van der Waals surface area contributed by atoms with Crippen LogP contribution in [0, 0.1) is 6.92 Å². The van der Waals surface area contributed by atoms with Gasteiger partial charge in [0.15, 0.2) is 0 Å². The first-order valence-corrected chi connectivity index (χ1v) is 6.72. The zero-order chi connectivity index (χ0) is 12.5. The fraction of sp³-hybridized carbons (Fsp3) is 0.467. The summed E-state index contributed by atoms with van der Waals surface area (Å²) in [6.07, 6.45) is 3.38. The second-order valence-electron chi connectivity index (χ2n) is 5.27. The minimum Gasteiger partial charge on any atom is -0.314 e. The first kappa shape index (κ1) is 11.5. The summed E-state index contributed by atoms with van der Waals surface area (Å²) in [6.45, 7) is 5.48. The Morgan fingerprint density at radius 3 is 2.94 bits per heavy atom. The molecule has 0 saturated heterocycles. The maximum absolute atomic E-state index is 4.40. The van der Waals surface area contributed by atoms with Gasteiger partial charge in [-0.3, -0.25) is 0 Å². The third-order valence-corrected chi connectivity index (χ3v) is 3.93. The molecule has 1 aromatic carbocycles. The lowest BCUT2D eigenvalue weighted by Crippen LogP contribution is -2.16. The highest BCUT2D eigenvalue weighted by Crippen LogP contribution is 2.26. The van der Waals surface area contributed by atoms with Crippen LogP contribution in [0.4, 0.5) is 0 Å². The Hall–Kier alpha value is -1.64. The lowest BCUT2D eigenvalue weighted by molar-refractivity contribution is 0.456. The van der Waals surface area contributed by atoms with Crippen LogP contribution in [0.1, 0.15) is 48.5 Å². The van der Waals surface area contributed by atoms with Gasteiger partial charge in [0.2, 0.25) is 0 Å². The molecule has 0 radical (unpaired) electrons. The molecule has 1 aliphatic heterocycles. The third-order valence-electron chi connectivity index (χ3n) is 3.93. The van der Waals surface area contributed by atoms with Crippen molar-refractivity contribution >= 4 is 0 Å². The van der Waals surface area contributed by atoms with Crippen molar-refractivity contribution in [3.63, 3.8) is 0 Å². The van der Waals surface area contributed by atoms with Gasteiger partial charge in [0.25, 0.3) is 0 Å². The Kier molecular flexibility index (Phi) is 2.90. The highest BCUT2D eigenvalue weighted by atomic mass is 15.3. The third kappa shape index (κ3) is 1.94. The van der Waals surface area contributed by atoms with Gasteiger partial charge in [-0.15, -0.1) is 10.2 Å². The molecule has 2 heterocycles. The van der Waals surface area contributed by atoms with E-state index in [0.29, 0.717) is 5.92 Å². The first-order valence-electron chi connectivity index (χ1n) is 6.72. The lowest BCUT2D eigenvalue weighted by Gasteiger charge is -2.20. The summed E-state index contributed by atoms with van der Waals surface area (Å²) in [5, 5.41) is 8.77. The van der Waals surface area contributed by atoms with E-state index >= 15 is 0 Å². The number of rotatable bonds is 2. The van der Waals surface area contributed by atoms with Gasteiger partial charge in [-0.2, -0.15) is 0 Å². The highest BCUT2D eigenvalue weighted by Gasteiger charge is 2.21. The van der Waals surface area contributed by atoms with Crippen molar-refractivity contribution in [3.05, 3.63) is 47.0 Å². The predicted octanol–water partition coefficient (Wildman–Crippen LogP) is 3.07. The van der Waals surface area contributed by atoms with Crippen LogP contribution in [0.15, 0.2) is 24.3 Å². The summed E-state index contributed by atoms with van der Waals surface area (Å²) in [7, 11) is 0. The standard InChI is InChI=1S/C15H19N3/c1-11-6-3-4-8-13(11)10-14-16-17-15-12(2)7-5-9-18(14)15/h3-4,6,8,12H,5,7,9-10H2,1-2H3. The molecule has 1 atom stereocenters. The summed E-state index contributed by atoms with van der Waals surface area (Å²) < 4.78 is 2.32. The van der Waals surface area contributed by atoms with E-state index in [1.54, 1.807) is 0 Å². The van der Waals surface area contributed by atoms with Crippen molar-refractivity contribution in [2.24, 2.45) is 0 Å². The molecule has 2 aromatic rings. The van der Waals surface area contributed by atoms with Gasteiger partial charge in [-0.1, -0.05) is 31.2 Å². The fourth-order valence-corrected chi connectivity index (χ4v) is 2.75. The van der Waals surface area contributed by atoms with E-state index < -0.39 is 0 Å². The quantitative estimate of drug-likeness (QED) is 0.809. The maximum Gasteiger partial charge on any atom is 0.137 e. The van der Waals surface area contributed by atoms with Crippen molar-refractivity contribution in [1.29, 1.82) is 0 Å². The number of aromatic nitrogens is 3. The highest BCUT2D eigenvalue weighted by molar-refractivity contribution is 5.28. The van der Waals surface area contributed by atoms with Gasteiger partial charge in [0.05, 0.1) is 0 Å². The zero-order valence-corrected chi connectivity index (χ0v) is 11.1. The SMILES string of the molecule is Cc1ccccc1Cc1nnc2n1CCCC2C. The van der Waals surface area contributed by atoms with Crippen LogP contribution in [-0.2, 0) is 13.0 Å². The van der Waals surface area contributed by atoms with Crippen LogP contribution < -0.4 is 0 Å². The van der Waals surface area contributed by atoms with E-state index in [4.69, 9.17) is 0 Å². The zero-order valence-electron chi connectivity index (χ0n) is 11.1.